The van der Waals surface area contributed by atoms with Crippen molar-refractivity contribution in [1.29, 1.82) is 0 Å². The summed E-state index contributed by atoms with van der Waals surface area (Å²) in [7, 11) is 1.90. The number of hydrogen-bond acceptors (Lipinski definition) is 6. The van der Waals surface area contributed by atoms with E-state index in [0.717, 1.165) is 30.2 Å². The quantitative estimate of drug-likeness (QED) is 0.546. The summed E-state index contributed by atoms with van der Waals surface area (Å²) in [6.45, 7) is 0. The maximum atomic E-state index is 4.60. The van der Waals surface area contributed by atoms with Crippen LogP contribution in [0.5, 0.6) is 0 Å². The van der Waals surface area contributed by atoms with Crippen molar-refractivity contribution < 1.29 is 0 Å². The van der Waals surface area contributed by atoms with Crippen LogP contribution in [0.15, 0.2) is 28.2 Å². The van der Waals surface area contributed by atoms with Crippen molar-refractivity contribution in [2.75, 3.05) is 0 Å². The molecule has 0 bridgehead atoms. The maximum Gasteiger partial charge on any atom is 0.235 e. The monoisotopic (exact) mass is 366 g/mol. The van der Waals surface area contributed by atoms with Gasteiger partial charge in [0.05, 0.1) is 14.4 Å². The Bertz CT molecular complexity index is 901. The molecule has 0 aromatic carbocycles. The highest BCUT2D eigenvalue weighted by atomic mass is 79.9. The summed E-state index contributed by atoms with van der Waals surface area (Å²) in [6, 6.07) is 5.94. The molecule has 0 saturated heterocycles. The Morgan fingerprint density at radius 2 is 2.05 bits per heavy atom. The zero-order chi connectivity index (χ0) is 13.7. The molecule has 20 heavy (non-hydrogen) atoms. The van der Waals surface area contributed by atoms with E-state index in [0.29, 0.717) is 0 Å². The van der Waals surface area contributed by atoms with Gasteiger partial charge in [0.15, 0.2) is 10.8 Å². The first-order chi connectivity index (χ1) is 9.72. The van der Waals surface area contributed by atoms with Crippen LogP contribution in [0.25, 0.3) is 26.4 Å². The molecule has 0 atom stereocenters. The summed E-state index contributed by atoms with van der Waals surface area (Å²) < 4.78 is 4.64. The third-order valence-corrected chi connectivity index (χ3v) is 5.37. The van der Waals surface area contributed by atoms with E-state index in [1.54, 1.807) is 26.7 Å². The van der Waals surface area contributed by atoms with Gasteiger partial charge in [0.1, 0.15) is 0 Å². The molecule has 0 N–H and O–H groups in total. The van der Waals surface area contributed by atoms with E-state index in [4.69, 9.17) is 0 Å². The van der Waals surface area contributed by atoms with Gasteiger partial charge < -0.3 is 0 Å². The van der Waals surface area contributed by atoms with Crippen LogP contribution in [-0.4, -0.2) is 29.6 Å². The molecule has 6 nitrogen and oxygen atoms in total. The smallest absolute Gasteiger partial charge is 0.235 e. The minimum atomic E-state index is 0.764. The summed E-state index contributed by atoms with van der Waals surface area (Å²) in [4.78, 5) is 1.81. The fraction of sp³-hybridized carbons (Fsp3) is 0.0909. The van der Waals surface area contributed by atoms with Crippen molar-refractivity contribution in [2.24, 2.45) is 7.05 Å². The Hall–Kier alpha value is -1.58. The van der Waals surface area contributed by atoms with E-state index in [2.05, 4.69) is 36.3 Å². The Kier molecular flexibility index (Phi) is 2.72. The highest BCUT2D eigenvalue weighted by Gasteiger charge is 2.16. The van der Waals surface area contributed by atoms with Gasteiger partial charge in [0, 0.05) is 13.2 Å². The molecule has 0 aliphatic carbocycles. The number of fused-ring (bicyclic) bond motifs is 1. The molecule has 0 fully saturated rings. The number of hydrogen-bond donors (Lipinski definition) is 0. The zero-order valence-electron chi connectivity index (χ0n) is 10.2. The predicted octanol–water partition coefficient (Wildman–Crippen LogP) is 3.08. The first-order valence-corrected chi connectivity index (χ1v) is 8.11. The van der Waals surface area contributed by atoms with Gasteiger partial charge in [0.2, 0.25) is 4.96 Å². The molecule has 0 unspecified atom stereocenters. The molecule has 0 amide bonds. The van der Waals surface area contributed by atoms with E-state index in [9.17, 15) is 0 Å². The van der Waals surface area contributed by atoms with Crippen LogP contribution >= 0.6 is 38.6 Å². The topological polar surface area (TPSA) is 60.9 Å². The van der Waals surface area contributed by atoms with Gasteiger partial charge in [-0.25, -0.2) is 0 Å². The summed E-state index contributed by atoms with van der Waals surface area (Å²) in [5, 5.41) is 18.1. The minimum absolute atomic E-state index is 0.764. The number of aromatic nitrogens is 6. The third-order valence-electron chi connectivity index (χ3n) is 2.82. The molecule has 0 radical (unpaired) electrons. The van der Waals surface area contributed by atoms with Crippen LogP contribution in [0.1, 0.15) is 0 Å². The Morgan fingerprint density at radius 1 is 1.15 bits per heavy atom. The highest BCUT2D eigenvalue weighted by molar-refractivity contribution is 9.11. The molecule has 4 aromatic heterocycles. The second kappa shape index (κ2) is 4.47. The minimum Gasteiger partial charge on any atom is -0.265 e. The van der Waals surface area contributed by atoms with Crippen LogP contribution in [0, 0.1) is 0 Å². The largest absolute Gasteiger partial charge is 0.265 e. The van der Waals surface area contributed by atoms with Gasteiger partial charge in [-0.1, -0.05) is 11.3 Å². The van der Waals surface area contributed by atoms with Crippen LogP contribution in [0.4, 0.5) is 0 Å². The van der Waals surface area contributed by atoms with Gasteiger partial charge in [0.25, 0.3) is 0 Å². The Balaban J connectivity index is 1.89. The molecule has 0 aliphatic rings. The van der Waals surface area contributed by atoms with Gasteiger partial charge >= 0.3 is 0 Å². The average molecular weight is 367 g/mol. The highest BCUT2D eigenvalue weighted by Crippen LogP contribution is 2.32. The van der Waals surface area contributed by atoms with Crippen LogP contribution in [0.3, 0.4) is 0 Å². The van der Waals surface area contributed by atoms with E-state index >= 15 is 0 Å². The van der Waals surface area contributed by atoms with Crippen molar-refractivity contribution >= 4 is 43.6 Å². The summed E-state index contributed by atoms with van der Waals surface area (Å²) in [6.07, 6.45) is 1.76. The first-order valence-electron chi connectivity index (χ1n) is 5.69. The molecule has 100 valence electrons. The number of rotatable bonds is 2. The maximum absolute atomic E-state index is 4.60. The third kappa shape index (κ3) is 1.81. The standard InChI is InChI=1S/C11H7BrN6S2/c1-17-6(4-5-13-17)10-16-18-9(14-15-11(18)20-10)7-2-3-8(12)19-7/h2-5H,1H3. The lowest BCUT2D eigenvalue weighted by molar-refractivity contribution is 0.772. The van der Waals surface area contributed by atoms with Crippen molar-refractivity contribution in [1.82, 2.24) is 29.6 Å². The molecule has 0 aliphatic heterocycles. The van der Waals surface area contributed by atoms with Gasteiger partial charge in [-0.2, -0.15) is 14.7 Å². The van der Waals surface area contributed by atoms with Gasteiger partial charge in [-0.15, -0.1) is 21.5 Å². The van der Waals surface area contributed by atoms with Crippen molar-refractivity contribution in [2.45, 2.75) is 0 Å². The molecule has 0 spiro atoms. The van der Waals surface area contributed by atoms with Crippen LogP contribution in [-0.2, 0) is 7.05 Å². The van der Waals surface area contributed by atoms with Crippen LogP contribution < -0.4 is 0 Å². The van der Waals surface area contributed by atoms with E-state index in [1.165, 1.54) is 11.3 Å². The normalized spacial score (nSPS) is 11.5. The Labute approximate surface area is 129 Å². The lowest BCUT2D eigenvalue weighted by atomic mass is 10.4. The molecule has 4 heterocycles. The van der Waals surface area contributed by atoms with E-state index in [-0.39, 0.29) is 0 Å². The molecular weight excluding hydrogens is 360 g/mol. The lowest BCUT2D eigenvalue weighted by Gasteiger charge is -1.95. The van der Waals surface area contributed by atoms with Crippen LogP contribution in [0.2, 0.25) is 0 Å². The first kappa shape index (κ1) is 12.2. The van der Waals surface area contributed by atoms with Crippen molar-refractivity contribution in [3.8, 4) is 21.4 Å². The van der Waals surface area contributed by atoms with Crippen molar-refractivity contribution in [3.05, 3.63) is 28.2 Å². The fourth-order valence-electron chi connectivity index (χ4n) is 1.89. The van der Waals surface area contributed by atoms with E-state index in [1.807, 2.05) is 25.2 Å². The number of nitrogens with zero attached hydrogens (tertiary/aromatic N) is 6. The summed E-state index contributed by atoms with van der Waals surface area (Å²) >= 11 is 6.57. The average Bonchev–Trinajstić information content (AvgIpc) is 3.11. The summed E-state index contributed by atoms with van der Waals surface area (Å²) in [5.74, 6) is 0.764. The molecule has 4 rings (SSSR count). The number of thiophene rings is 1. The predicted molar refractivity (Wildman–Crippen MR) is 81.9 cm³/mol. The van der Waals surface area contributed by atoms with Crippen molar-refractivity contribution in [3.63, 3.8) is 0 Å². The van der Waals surface area contributed by atoms with Gasteiger partial charge in [-0.3, -0.25) is 4.68 Å². The second-order valence-corrected chi connectivity index (χ2v) is 7.49. The summed E-state index contributed by atoms with van der Waals surface area (Å²) in [5.41, 5.74) is 0.971. The number of aryl methyl sites for hydroxylation is 1. The molecule has 9 heteroatoms. The molecular formula is C11H7BrN6S2. The second-order valence-electron chi connectivity index (χ2n) is 4.07. The zero-order valence-corrected chi connectivity index (χ0v) is 13.4. The number of halogens is 1. The molecule has 0 saturated carbocycles. The molecule has 4 aromatic rings. The van der Waals surface area contributed by atoms with Gasteiger partial charge in [-0.05, 0) is 34.1 Å². The lowest BCUT2D eigenvalue weighted by Crippen LogP contribution is -1.94. The SMILES string of the molecule is Cn1nccc1-c1nn2c(-c3ccc(Br)s3)nnc2s1. The Morgan fingerprint density at radius 3 is 2.75 bits per heavy atom. The fourth-order valence-corrected chi connectivity index (χ4v) is 4.14. The van der Waals surface area contributed by atoms with E-state index < -0.39 is 0 Å².